The Kier molecular flexibility index (Phi) is 6.21. The maximum Gasteiger partial charge on any atom is 0.323 e. The molecule has 0 spiro atoms. The topological polar surface area (TPSA) is 56.2 Å². The van der Waals surface area contributed by atoms with Gasteiger partial charge in [-0.2, -0.15) is 5.10 Å². The molecule has 1 rings (SSSR count). The normalized spacial score (nSPS) is 12.4. The van der Waals surface area contributed by atoms with Crippen molar-refractivity contribution in [3.8, 4) is 0 Å². The second-order valence-corrected chi connectivity index (χ2v) is 4.49. The molecule has 1 N–H and O–H groups in total. The molecule has 0 saturated carbocycles. The summed E-state index contributed by atoms with van der Waals surface area (Å²) in [6.45, 7) is 5.62. The predicted molar refractivity (Wildman–Crippen MR) is 68.6 cm³/mol. The van der Waals surface area contributed by atoms with Crippen LogP contribution in [0.4, 0.5) is 0 Å². The van der Waals surface area contributed by atoms with E-state index in [4.69, 9.17) is 4.74 Å². The van der Waals surface area contributed by atoms with E-state index >= 15 is 0 Å². The Bertz CT molecular complexity index is 354. The summed E-state index contributed by atoms with van der Waals surface area (Å²) in [7, 11) is 0. The third kappa shape index (κ3) is 4.87. The van der Waals surface area contributed by atoms with E-state index in [9.17, 15) is 4.79 Å². The molecule has 1 aromatic heterocycles. The largest absolute Gasteiger partial charge is 0.465 e. The number of hydrogen-bond donors (Lipinski definition) is 1. The predicted octanol–water partition coefficient (Wildman–Crippen LogP) is 1.58. The molecule has 0 saturated heterocycles. The molecule has 0 radical (unpaired) electrons. The Morgan fingerprint density at radius 2 is 2.41 bits per heavy atom. The molecule has 0 aliphatic heterocycles. The molecule has 0 aliphatic rings. The van der Waals surface area contributed by atoms with Gasteiger partial charge in [-0.15, -0.1) is 0 Å². The van der Waals surface area contributed by atoms with E-state index in [1.54, 1.807) is 10.9 Å². The molecule has 17 heavy (non-hydrogen) atoms. The van der Waals surface area contributed by atoms with Gasteiger partial charge < -0.3 is 10.1 Å². The number of hydrogen-bond acceptors (Lipinski definition) is 4. The third-order valence-corrected chi connectivity index (χ3v) is 2.68. The average molecular weight is 304 g/mol. The Morgan fingerprint density at radius 3 is 2.94 bits per heavy atom. The van der Waals surface area contributed by atoms with Crippen molar-refractivity contribution >= 4 is 21.9 Å². The fourth-order valence-electron chi connectivity index (χ4n) is 1.51. The zero-order valence-electron chi connectivity index (χ0n) is 10.1. The van der Waals surface area contributed by atoms with Gasteiger partial charge in [-0.05, 0) is 35.8 Å². The van der Waals surface area contributed by atoms with Crippen molar-refractivity contribution in [3.63, 3.8) is 0 Å². The van der Waals surface area contributed by atoms with Crippen LogP contribution < -0.4 is 5.32 Å². The first-order valence-electron chi connectivity index (χ1n) is 5.75. The van der Waals surface area contributed by atoms with Crippen LogP contribution in [0, 0.1) is 0 Å². The van der Waals surface area contributed by atoms with Crippen LogP contribution >= 0.6 is 15.9 Å². The van der Waals surface area contributed by atoms with E-state index in [1.165, 1.54) is 0 Å². The van der Waals surface area contributed by atoms with Crippen molar-refractivity contribution in [2.45, 2.75) is 32.9 Å². The van der Waals surface area contributed by atoms with Crippen LogP contribution in [0.3, 0.4) is 0 Å². The zero-order chi connectivity index (χ0) is 12.7. The van der Waals surface area contributed by atoms with Gasteiger partial charge >= 0.3 is 5.97 Å². The van der Waals surface area contributed by atoms with Gasteiger partial charge in [-0.1, -0.05) is 6.92 Å². The van der Waals surface area contributed by atoms with Crippen molar-refractivity contribution in [1.29, 1.82) is 0 Å². The first kappa shape index (κ1) is 14.2. The molecule has 1 aromatic rings. The van der Waals surface area contributed by atoms with Gasteiger partial charge in [0.1, 0.15) is 6.04 Å². The number of likely N-dealkylation sites (N-methyl/N-ethyl adjacent to an activating group) is 1. The molecular formula is C11H18BrN3O2. The summed E-state index contributed by atoms with van der Waals surface area (Å²) in [4.78, 5) is 11.6. The van der Waals surface area contributed by atoms with E-state index in [-0.39, 0.29) is 12.0 Å². The second-order valence-electron chi connectivity index (χ2n) is 3.57. The first-order chi connectivity index (χ1) is 8.17. The Labute approximate surface area is 110 Å². The van der Waals surface area contributed by atoms with Gasteiger partial charge in [-0.25, -0.2) is 0 Å². The summed E-state index contributed by atoms with van der Waals surface area (Å²) in [5.41, 5.74) is 0. The lowest BCUT2D eigenvalue weighted by molar-refractivity contribution is -0.145. The monoisotopic (exact) mass is 303 g/mol. The van der Waals surface area contributed by atoms with Gasteiger partial charge in [0.2, 0.25) is 0 Å². The number of nitrogens with one attached hydrogen (secondary N) is 1. The van der Waals surface area contributed by atoms with Crippen LogP contribution in [0.15, 0.2) is 16.9 Å². The molecule has 1 heterocycles. The minimum Gasteiger partial charge on any atom is -0.465 e. The van der Waals surface area contributed by atoms with Crippen molar-refractivity contribution in [3.05, 3.63) is 16.9 Å². The summed E-state index contributed by atoms with van der Waals surface area (Å²) in [6.07, 6.45) is 4.28. The minimum atomic E-state index is -0.261. The maximum absolute atomic E-state index is 11.6. The van der Waals surface area contributed by atoms with E-state index in [1.807, 2.05) is 20.0 Å². The number of aromatic nitrogens is 2. The van der Waals surface area contributed by atoms with E-state index in [2.05, 4.69) is 26.3 Å². The summed E-state index contributed by atoms with van der Waals surface area (Å²) < 4.78 is 7.75. The average Bonchev–Trinajstić information content (AvgIpc) is 2.70. The highest BCUT2D eigenvalue weighted by molar-refractivity contribution is 9.10. The molecule has 0 fully saturated rings. The van der Waals surface area contributed by atoms with Gasteiger partial charge in [0.15, 0.2) is 0 Å². The van der Waals surface area contributed by atoms with E-state index in [0.29, 0.717) is 19.6 Å². The lowest BCUT2D eigenvalue weighted by atomic mass is 10.2. The van der Waals surface area contributed by atoms with Gasteiger partial charge in [0.25, 0.3) is 0 Å². The van der Waals surface area contributed by atoms with Crippen LogP contribution in [0.1, 0.15) is 20.3 Å². The summed E-state index contributed by atoms with van der Waals surface area (Å²) >= 11 is 3.33. The number of aryl methyl sites for hydroxylation is 1. The number of nitrogens with zero attached hydrogens (tertiary/aromatic N) is 2. The smallest absolute Gasteiger partial charge is 0.323 e. The molecule has 5 nitrogen and oxygen atoms in total. The lowest BCUT2D eigenvalue weighted by Crippen LogP contribution is -2.38. The zero-order valence-corrected chi connectivity index (χ0v) is 11.7. The third-order valence-electron chi connectivity index (χ3n) is 2.27. The number of carbonyl (C=O) groups excluding carboxylic acids is 1. The summed E-state index contributed by atoms with van der Waals surface area (Å²) in [5, 5.41) is 7.26. The van der Waals surface area contributed by atoms with Gasteiger partial charge in [0, 0.05) is 12.7 Å². The van der Waals surface area contributed by atoms with Crippen molar-refractivity contribution in [2.75, 3.05) is 13.2 Å². The quantitative estimate of drug-likeness (QED) is 0.777. The van der Waals surface area contributed by atoms with Gasteiger partial charge in [-0.3, -0.25) is 9.48 Å². The van der Waals surface area contributed by atoms with E-state index < -0.39 is 0 Å². The van der Waals surface area contributed by atoms with Crippen LogP contribution in [0.5, 0.6) is 0 Å². The maximum atomic E-state index is 11.6. The molecule has 96 valence electrons. The minimum absolute atomic E-state index is 0.194. The molecule has 0 amide bonds. The molecule has 1 atom stereocenters. The summed E-state index contributed by atoms with van der Waals surface area (Å²) in [5.74, 6) is -0.194. The number of ether oxygens (including phenoxy) is 1. The Morgan fingerprint density at radius 1 is 1.65 bits per heavy atom. The molecule has 0 aliphatic carbocycles. The number of carbonyl (C=O) groups is 1. The fourth-order valence-corrected chi connectivity index (χ4v) is 1.84. The van der Waals surface area contributed by atoms with Crippen LogP contribution in [0.2, 0.25) is 0 Å². The Balaban J connectivity index is 2.46. The fraction of sp³-hybridized carbons (Fsp3) is 0.636. The van der Waals surface area contributed by atoms with Crippen LogP contribution in [-0.2, 0) is 16.1 Å². The molecule has 0 bridgehead atoms. The Hall–Kier alpha value is -0.880. The SMILES string of the molecule is CCNC(CCn1cc(Br)cn1)C(=O)OCC. The second kappa shape index (κ2) is 7.45. The number of halogens is 1. The number of esters is 1. The van der Waals surface area contributed by atoms with E-state index in [0.717, 1.165) is 11.0 Å². The van der Waals surface area contributed by atoms with Crippen molar-refractivity contribution in [1.82, 2.24) is 15.1 Å². The molecule has 0 aromatic carbocycles. The highest BCUT2D eigenvalue weighted by Crippen LogP contribution is 2.07. The molecule has 1 unspecified atom stereocenters. The van der Waals surface area contributed by atoms with Crippen LogP contribution in [-0.4, -0.2) is 34.9 Å². The molecular weight excluding hydrogens is 286 g/mol. The summed E-state index contributed by atoms with van der Waals surface area (Å²) in [6, 6.07) is -0.261. The number of rotatable bonds is 7. The first-order valence-corrected chi connectivity index (χ1v) is 6.54. The van der Waals surface area contributed by atoms with Crippen molar-refractivity contribution in [2.24, 2.45) is 0 Å². The highest BCUT2D eigenvalue weighted by atomic mass is 79.9. The van der Waals surface area contributed by atoms with Gasteiger partial charge in [0.05, 0.1) is 17.3 Å². The lowest BCUT2D eigenvalue weighted by Gasteiger charge is -2.15. The highest BCUT2D eigenvalue weighted by Gasteiger charge is 2.18. The standard InChI is InChI=1S/C11H18BrN3O2/c1-3-13-10(11(16)17-4-2)5-6-15-8-9(12)7-14-15/h7-8,10,13H,3-6H2,1-2H3. The van der Waals surface area contributed by atoms with Crippen LogP contribution in [0.25, 0.3) is 0 Å². The molecule has 6 heteroatoms. The van der Waals surface area contributed by atoms with Crippen molar-refractivity contribution < 1.29 is 9.53 Å².